The van der Waals surface area contributed by atoms with Gasteiger partial charge in [0, 0.05) is 22.2 Å². The van der Waals surface area contributed by atoms with Crippen LogP contribution in [0, 0.1) is 0 Å². The van der Waals surface area contributed by atoms with Crippen LogP contribution < -0.4 is 9.47 Å². The Hall–Kier alpha value is -4.92. The van der Waals surface area contributed by atoms with Gasteiger partial charge in [-0.3, -0.25) is 9.59 Å². The quantitative estimate of drug-likeness (QED) is 0.0405. The fourth-order valence-electron chi connectivity index (χ4n) is 4.96. The van der Waals surface area contributed by atoms with Crippen LogP contribution in [0.4, 0.5) is 4.79 Å². The number of carboxylic acids is 1. The molecule has 0 aliphatic rings. The Labute approximate surface area is 249 Å². The molecule has 1 atom stereocenters. The second-order valence-corrected chi connectivity index (χ2v) is 10.4. The van der Waals surface area contributed by atoms with E-state index in [-0.39, 0.29) is 29.2 Å². The summed E-state index contributed by atoms with van der Waals surface area (Å²) in [7, 11) is 0. The predicted octanol–water partition coefficient (Wildman–Crippen LogP) is 7.44. The first-order valence-electron chi connectivity index (χ1n) is 14.4. The highest BCUT2D eigenvalue weighted by molar-refractivity contribution is 6.15. The number of aromatic carboxylic acids is 1. The first-order valence-corrected chi connectivity index (χ1v) is 14.4. The second-order valence-electron chi connectivity index (χ2n) is 10.4. The van der Waals surface area contributed by atoms with Gasteiger partial charge in [0.1, 0.15) is 24.0 Å². The van der Waals surface area contributed by atoms with E-state index in [2.05, 4.69) is 11.9 Å². The minimum absolute atomic E-state index is 0.0132. The Morgan fingerprint density at radius 2 is 1.42 bits per heavy atom. The third kappa shape index (κ3) is 8.54. The predicted molar refractivity (Wildman–Crippen MR) is 161 cm³/mol. The van der Waals surface area contributed by atoms with Gasteiger partial charge in [0.15, 0.2) is 11.6 Å². The molecular formula is C34H35NO8. The highest BCUT2D eigenvalue weighted by Crippen LogP contribution is 2.29. The summed E-state index contributed by atoms with van der Waals surface area (Å²) < 4.78 is 10.5. The number of benzene rings is 3. The maximum Gasteiger partial charge on any atom is 0.511 e. The monoisotopic (exact) mass is 585 g/mol. The molecule has 224 valence electrons. The van der Waals surface area contributed by atoms with Crippen molar-refractivity contribution in [3.8, 4) is 11.5 Å². The number of H-pyrrole nitrogens is 1. The van der Waals surface area contributed by atoms with E-state index in [1.54, 1.807) is 12.1 Å². The van der Waals surface area contributed by atoms with Gasteiger partial charge in [-0.2, -0.15) is 0 Å². The third-order valence-corrected chi connectivity index (χ3v) is 7.25. The fraction of sp³-hybridized carbons (Fsp3) is 0.294. The van der Waals surface area contributed by atoms with Crippen LogP contribution in [0.2, 0.25) is 0 Å². The van der Waals surface area contributed by atoms with Gasteiger partial charge >= 0.3 is 12.1 Å². The number of fused-ring (bicyclic) bond motifs is 1. The number of carbonyl (C=O) groups is 4. The summed E-state index contributed by atoms with van der Waals surface area (Å²) in [6, 6.07) is 19.1. The van der Waals surface area contributed by atoms with Crippen LogP contribution in [0.1, 0.15) is 83.3 Å². The van der Waals surface area contributed by atoms with Crippen LogP contribution in [0.3, 0.4) is 0 Å². The fourth-order valence-corrected chi connectivity index (χ4v) is 4.96. The summed E-state index contributed by atoms with van der Waals surface area (Å²) in [6.07, 6.45) is 6.85. The van der Waals surface area contributed by atoms with Crippen molar-refractivity contribution in [1.29, 1.82) is 0 Å². The number of ketones is 2. The lowest BCUT2D eigenvalue weighted by Crippen LogP contribution is -2.27. The minimum Gasteiger partial charge on any atom is -0.486 e. The van der Waals surface area contributed by atoms with E-state index in [9.17, 15) is 24.3 Å². The molecule has 9 nitrogen and oxygen atoms in total. The molecule has 0 aliphatic carbocycles. The Bertz CT molecular complexity index is 1570. The van der Waals surface area contributed by atoms with Gasteiger partial charge in [-0.1, -0.05) is 63.3 Å². The number of aromatic amines is 1. The van der Waals surface area contributed by atoms with E-state index in [1.807, 2.05) is 24.3 Å². The van der Waals surface area contributed by atoms with Gasteiger partial charge in [0.05, 0.1) is 5.56 Å². The number of aromatic nitrogens is 1. The highest BCUT2D eigenvalue weighted by Gasteiger charge is 2.31. The van der Waals surface area contributed by atoms with Crippen LogP contribution >= 0.6 is 0 Å². The molecule has 0 saturated carbocycles. The summed E-state index contributed by atoms with van der Waals surface area (Å²) in [4.78, 5) is 52.5. The number of carboxylic acid groups (broad SMARTS) is 2. The van der Waals surface area contributed by atoms with Gasteiger partial charge in [0.25, 0.3) is 0 Å². The topological polar surface area (TPSA) is 143 Å². The molecule has 0 amide bonds. The van der Waals surface area contributed by atoms with E-state index in [4.69, 9.17) is 14.6 Å². The Balaban J connectivity index is 1.50. The molecule has 0 spiro atoms. The van der Waals surface area contributed by atoms with Gasteiger partial charge in [-0.05, 0) is 66.9 Å². The Morgan fingerprint density at radius 1 is 0.767 bits per heavy atom. The van der Waals surface area contributed by atoms with E-state index in [1.165, 1.54) is 74.1 Å². The number of nitrogens with one attached hydrogen (secondary N) is 1. The lowest BCUT2D eigenvalue weighted by Gasteiger charge is -2.15. The van der Waals surface area contributed by atoms with Gasteiger partial charge in [0.2, 0.25) is 0 Å². The van der Waals surface area contributed by atoms with Crippen molar-refractivity contribution < 1.29 is 38.9 Å². The van der Waals surface area contributed by atoms with Crippen molar-refractivity contribution in [2.24, 2.45) is 0 Å². The maximum absolute atomic E-state index is 13.7. The maximum atomic E-state index is 13.7. The average molecular weight is 586 g/mol. The summed E-state index contributed by atoms with van der Waals surface area (Å²) in [5.41, 5.74) is 2.23. The molecular weight excluding hydrogens is 550 g/mol. The summed E-state index contributed by atoms with van der Waals surface area (Å²) in [5.74, 6) is -2.85. The van der Waals surface area contributed by atoms with Crippen LogP contribution in [0.5, 0.6) is 11.5 Å². The zero-order chi connectivity index (χ0) is 30.8. The summed E-state index contributed by atoms with van der Waals surface area (Å²) >= 11 is 0. The lowest BCUT2D eigenvalue weighted by molar-refractivity contribution is -0.121. The smallest absolute Gasteiger partial charge is 0.486 e. The molecule has 0 radical (unpaired) electrons. The van der Waals surface area contributed by atoms with Gasteiger partial charge in [-0.25, -0.2) is 9.59 Å². The number of ether oxygens (including phenoxy) is 2. The van der Waals surface area contributed by atoms with Crippen LogP contribution in [0.25, 0.3) is 10.9 Å². The zero-order valence-corrected chi connectivity index (χ0v) is 24.0. The van der Waals surface area contributed by atoms with Crippen LogP contribution in [0.15, 0.2) is 72.8 Å². The van der Waals surface area contributed by atoms with E-state index in [0.717, 1.165) is 12.8 Å². The van der Waals surface area contributed by atoms with Crippen LogP contribution in [-0.2, 0) is 11.2 Å². The molecule has 43 heavy (non-hydrogen) atoms. The number of Topliss-reactive ketones (excluding diaryl/α,β-unsaturated/α-hetero) is 2. The molecule has 0 bridgehead atoms. The van der Waals surface area contributed by atoms with E-state index in [0.29, 0.717) is 16.7 Å². The number of unbranched alkanes of at least 4 members (excludes halogenated alkanes) is 5. The SMILES string of the molecule is CCCCCCCCc1ccc(OCC(=O)C(C(=O)c2ccc(C(=O)O)cc2)c2cc3cc(OC(=O)O)ccc3[nH]2)cc1. The molecule has 0 saturated heterocycles. The Kier molecular flexibility index (Phi) is 10.7. The molecule has 1 aromatic heterocycles. The van der Waals surface area contributed by atoms with Gasteiger partial charge in [-0.15, -0.1) is 0 Å². The number of hydrogen-bond acceptors (Lipinski definition) is 6. The molecule has 4 rings (SSSR count). The summed E-state index contributed by atoms with van der Waals surface area (Å²) in [5, 5.41) is 18.7. The number of aryl methyl sites for hydroxylation is 1. The second kappa shape index (κ2) is 14.8. The molecule has 9 heteroatoms. The Morgan fingerprint density at radius 3 is 2.09 bits per heavy atom. The molecule has 3 N–H and O–H groups in total. The first-order chi connectivity index (χ1) is 20.7. The van der Waals surface area contributed by atoms with Gasteiger partial charge < -0.3 is 24.7 Å². The molecule has 1 unspecified atom stereocenters. The third-order valence-electron chi connectivity index (χ3n) is 7.25. The van der Waals surface area contributed by atoms with Crippen molar-refractivity contribution in [3.63, 3.8) is 0 Å². The standard InChI is InChI=1S/C34H35NO8/c1-2-3-4-5-6-7-8-22-9-15-26(16-10-22)42-21-30(36)31(32(37)23-11-13-24(14-12-23)33(38)39)29-20-25-19-27(43-34(40)41)17-18-28(25)35-29/h9-20,31,35H,2-8,21H2,1H3,(H,38,39)(H,40,41). The normalized spacial score (nSPS) is 11.7. The summed E-state index contributed by atoms with van der Waals surface area (Å²) in [6.45, 7) is 1.83. The zero-order valence-electron chi connectivity index (χ0n) is 24.0. The van der Waals surface area contributed by atoms with Crippen molar-refractivity contribution in [1.82, 2.24) is 4.98 Å². The average Bonchev–Trinajstić information content (AvgIpc) is 3.41. The molecule has 0 aliphatic heterocycles. The van der Waals surface area contributed by atoms with Crippen LogP contribution in [-0.4, -0.2) is 45.5 Å². The largest absolute Gasteiger partial charge is 0.511 e. The number of hydrogen-bond donors (Lipinski definition) is 3. The van der Waals surface area contributed by atoms with Crippen molar-refractivity contribution in [2.45, 2.75) is 57.8 Å². The molecule has 4 aromatic rings. The lowest BCUT2D eigenvalue weighted by atomic mass is 9.90. The van der Waals surface area contributed by atoms with E-state index >= 15 is 0 Å². The van der Waals surface area contributed by atoms with Crippen molar-refractivity contribution >= 4 is 34.6 Å². The molecule has 1 heterocycles. The minimum atomic E-state index is -1.46. The van der Waals surface area contributed by atoms with Crippen molar-refractivity contribution in [2.75, 3.05) is 6.61 Å². The first kappa shape index (κ1) is 31.0. The molecule has 0 fully saturated rings. The highest BCUT2D eigenvalue weighted by atomic mass is 16.7. The van der Waals surface area contributed by atoms with E-state index < -0.39 is 29.6 Å². The molecule has 3 aromatic carbocycles. The number of rotatable bonds is 16. The number of carbonyl (C=O) groups excluding carboxylic acids is 2. The van der Waals surface area contributed by atoms with Crippen molar-refractivity contribution in [3.05, 3.63) is 95.2 Å².